The van der Waals surface area contributed by atoms with Crippen molar-refractivity contribution < 1.29 is 9.90 Å². The number of carboxylic acids is 1. The summed E-state index contributed by atoms with van der Waals surface area (Å²) in [6.45, 7) is 9.75. The number of aromatic nitrogens is 2. The molecule has 102 valence electrons. The van der Waals surface area contributed by atoms with E-state index in [0.29, 0.717) is 6.54 Å². The maximum atomic E-state index is 10.9. The van der Waals surface area contributed by atoms with Crippen molar-refractivity contribution in [2.45, 2.75) is 52.7 Å². The standard InChI is InChI=1S/C13H23N3O2/c1-5-6-15-10-14-7-11(15)8-16(9-12(17)18)13(2,3)4/h7,10H,5-6,8-9H2,1-4H3,(H,17,18). The first-order valence-electron chi connectivity index (χ1n) is 6.30. The lowest BCUT2D eigenvalue weighted by atomic mass is 10.1. The van der Waals surface area contributed by atoms with Gasteiger partial charge in [0.2, 0.25) is 0 Å². The van der Waals surface area contributed by atoms with E-state index in [2.05, 4.69) is 16.5 Å². The molecule has 1 N–H and O–H groups in total. The number of imidazole rings is 1. The molecule has 0 bridgehead atoms. The van der Waals surface area contributed by atoms with E-state index in [1.165, 1.54) is 0 Å². The number of aliphatic carboxylic acids is 1. The summed E-state index contributed by atoms with van der Waals surface area (Å²) in [4.78, 5) is 17.0. The molecular formula is C13H23N3O2. The van der Waals surface area contributed by atoms with Gasteiger partial charge in [0, 0.05) is 24.8 Å². The summed E-state index contributed by atoms with van der Waals surface area (Å²) in [7, 11) is 0. The van der Waals surface area contributed by atoms with E-state index in [0.717, 1.165) is 18.7 Å². The minimum absolute atomic E-state index is 0.0425. The van der Waals surface area contributed by atoms with E-state index in [-0.39, 0.29) is 12.1 Å². The Morgan fingerprint density at radius 2 is 2.17 bits per heavy atom. The van der Waals surface area contributed by atoms with E-state index in [4.69, 9.17) is 5.11 Å². The second-order valence-electron chi connectivity index (χ2n) is 5.50. The minimum atomic E-state index is -0.800. The molecule has 0 saturated carbocycles. The van der Waals surface area contributed by atoms with Crippen molar-refractivity contribution in [2.24, 2.45) is 0 Å². The van der Waals surface area contributed by atoms with Gasteiger partial charge in [-0.05, 0) is 27.2 Å². The molecule has 5 heteroatoms. The monoisotopic (exact) mass is 253 g/mol. The van der Waals surface area contributed by atoms with Crippen molar-refractivity contribution in [3.8, 4) is 0 Å². The Morgan fingerprint density at radius 3 is 2.67 bits per heavy atom. The normalized spacial score (nSPS) is 12.1. The first-order chi connectivity index (χ1) is 8.34. The van der Waals surface area contributed by atoms with Gasteiger partial charge >= 0.3 is 5.97 Å². The smallest absolute Gasteiger partial charge is 0.317 e. The molecule has 0 aromatic carbocycles. The topological polar surface area (TPSA) is 58.4 Å². The van der Waals surface area contributed by atoms with Crippen LogP contribution in [0.5, 0.6) is 0 Å². The highest BCUT2D eigenvalue weighted by molar-refractivity contribution is 5.69. The predicted octanol–water partition coefficient (Wildman–Crippen LogP) is 1.98. The quantitative estimate of drug-likeness (QED) is 0.842. The van der Waals surface area contributed by atoms with E-state index < -0.39 is 5.97 Å². The number of carboxylic acid groups (broad SMARTS) is 1. The van der Waals surface area contributed by atoms with Crippen molar-refractivity contribution in [3.63, 3.8) is 0 Å². The number of carbonyl (C=O) groups is 1. The minimum Gasteiger partial charge on any atom is -0.480 e. The van der Waals surface area contributed by atoms with Gasteiger partial charge in [-0.1, -0.05) is 6.92 Å². The largest absolute Gasteiger partial charge is 0.480 e. The molecule has 0 atom stereocenters. The van der Waals surface area contributed by atoms with Gasteiger partial charge in [0.1, 0.15) is 0 Å². The number of rotatable bonds is 6. The molecule has 1 aromatic rings. The zero-order chi connectivity index (χ0) is 13.8. The van der Waals surface area contributed by atoms with E-state index in [1.54, 1.807) is 6.33 Å². The van der Waals surface area contributed by atoms with Crippen LogP contribution in [0.4, 0.5) is 0 Å². The third-order valence-electron chi connectivity index (χ3n) is 2.89. The zero-order valence-electron chi connectivity index (χ0n) is 11.7. The maximum Gasteiger partial charge on any atom is 0.317 e. The van der Waals surface area contributed by atoms with Crippen molar-refractivity contribution >= 4 is 5.97 Å². The van der Waals surface area contributed by atoms with Gasteiger partial charge in [-0.15, -0.1) is 0 Å². The average Bonchev–Trinajstić information content (AvgIpc) is 2.63. The van der Waals surface area contributed by atoms with Crippen molar-refractivity contribution in [2.75, 3.05) is 6.54 Å². The predicted molar refractivity (Wildman–Crippen MR) is 70.3 cm³/mol. The van der Waals surface area contributed by atoms with Gasteiger partial charge in [-0.25, -0.2) is 4.98 Å². The summed E-state index contributed by atoms with van der Waals surface area (Å²) >= 11 is 0. The van der Waals surface area contributed by atoms with E-state index in [1.807, 2.05) is 31.9 Å². The van der Waals surface area contributed by atoms with Crippen LogP contribution in [0, 0.1) is 0 Å². The Hall–Kier alpha value is -1.36. The summed E-state index contributed by atoms with van der Waals surface area (Å²) in [5.74, 6) is -0.800. The second-order valence-corrected chi connectivity index (χ2v) is 5.50. The lowest BCUT2D eigenvalue weighted by molar-refractivity contribution is -0.140. The van der Waals surface area contributed by atoms with Crippen molar-refractivity contribution in [3.05, 3.63) is 18.2 Å². The van der Waals surface area contributed by atoms with Gasteiger partial charge in [-0.3, -0.25) is 9.69 Å². The van der Waals surface area contributed by atoms with Crippen LogP contribution in [0.15, 0.2) is 12.5 Å². The van der Waals surface area contributed by atoms with Crippen molar-refractivity contribution in [1.29, 1.82) is 0 Å². The molecule has 0 saturated heterocycles. The SMILES string of the molecule is CCCn1cncc1CN(CC(=O)O)C(C)(C)C. The van der Waals surface area contributed by atoms with Crippen molar-refractivity contribution in [1.82, 2.24) is 14.5 Å². The number of hydrogen-bond acceptors (Lipinski definition) is 3. The summed E-state index contributed by atoms with van der Waals surface area (Å²) in [6, 6.07) is 0. The maximum absolute atomic E-state index is 10.9. The molecule has 1 rings (SSSR count). The highest BCUT2D eigenvalue weighted by Crippen LogP contribution is 2.17. The van der Waals surface area contributed by atoms with Gasteiger partial charge in [0.15, 0.2) is 0 Å². The second kappa shape index (κ2) is 6.00. The summed E-state index contributed by atoms with van der Waals surface area (Å²) in [5, 5.41) is 8.98. The molecule has 1 heterocycles. The third kappa shape index (κ3) is 4.14. The highest BCUT2D eigenvalue weighted by Gasteiger charge is 2.24. The Kier molecular flexibility index (Phi) is 4.90. The molecule has 0 unspecified atom stereocenters. The fourth-order valence-corrected chi connectivity index (χ4v) is 1.81. The number of nitrogens with zero attached hydrogens (tertiary/aromatic N) is 3. The summed E-state index contributed by atoms with van der Waals surface area (Å²) in [6.07, 6.45) is 4.66. The average molecular weight is 253 g/mol. The summed E-state index contributed by atoms with van der Waals surface area (Å²) < 4.78 is 2.08. The Balaban J connectivity index is 2.82. The van der Waals surface area contributed by atoms with Crippen LogP contribution in [0.25, 0.3) is 0 Å². The molecule has 0 aliphatic rings. The van der Waals surface area contributed by atoms with Crippen LogP contribution in [0.3, 0.4) is 0 Å². The third-order valence-corrected chi connectivity index (χ3v) is 2.89. The van der Waals surface area contributed by atoms with E-state index in [9.17, 15) is 4.79 Å². The molecule has 18 heavy (non-hydrogen) atoms. The zero-order valence-corrected chi connectivity index (χ0v) is 11.7. The fourth-order valence-electron chi connectivity index (χ4n) is 1.81. The van der Waals surface area contributed by atoms with Crippen LogP contribution < -0.4 is 0 Å². The fraction of sp³-hybridized carbons (Fsp3) is 0.692. The first-order valence-corrected chi connectivity index (χ1v) is 6.30. The van der Waals surface area contributed by atoms with E-state index >= 15 is 0 Å². The molecule has 0 radical (unpaired) electrons. The summed E-state index contributed by atoms with van der Waals surface area (Å²) in [5.41, 5.74) is 0.882. The molecular weight excluding hydrogens is 230 g/mol. The van der Waals surface area contributed by atoms with Crippen LogP contribution >= 0.6 is 0 Å². The molecule has 0 spiro atoms. The Labute approximate surface area is 108 Å². The molecule has 0 fully saturated rings. The number of hydrogen-bond donors (Lipinski definition) is 1. The lowest BCUT2D eigenvalue weighted by Gasteiger charge is -2.34. The number of aryl methyl sites for hydroxylation is 1. The molecule has 0 aliphatic carbocycles. The van der Waals surface area contributed by atoms with Gasteiger partial charge in [-0.2, -0.15) is 0 Å². The van der Waals surface area contributed by atoms with Gasteiger partial charge in [0.25, 0.3) is 0 Å². The van der Waals surface area contributed by atoms with Crippen LogP contribution in [0.2, 0.25) is 0 Å². The molecule has 5 nitrogen and oxygen atoms in total. The van der Waals surface area contributed by atoms with Gasteiger partial charge < -0.3 is 9.67 Å². The Morgan fingerprint density at radius 1 is 1.50 bits per heavy atom. The van der Waals surface area contributed by atoms with Crippen LogP contribution in [-0.4, -0.2) is 37.6 Å². The van der Waals surface area contributed by atoms with Crippen LogP contribution in [0.1, 0.15) is 39.8 Å². The molecule has 0 amide bonds. The Bertz CT molecular complexity index is 393. The molecule has 0 aliphatic heterocycles. The highest BCUT2D eigenvalue weighted by atomic mass is 16.4. The van der Waals surface area contributed by atoms with Gasteiger partial charge in [0.05, 0.1) is 18.6 Å². The van der Waals surface area contributed by atoms with Crippen LogP contribution in [-0.2, 0) is 17.9 Å². The molecule has 1 aromatic heterocycles. The lowest BCUT2D eigenvalue weighted by Crippen LogP contribution is -2.44. The first kappa shape index (κ1) is 14.7.